The Kier molecular flexibility index (Phi) is 10.5. The highest BCUT2D eigenvalue weighted by molar-refractivity contribution is 7.89. The van der Waals surface area contributed by atoms with Crippen LogP contribution in [0, 0.1) is 11.8 Å². The van der Waals surface area contributed by atoms with Gasteiger partial charge in [-0.3, -0.25) is 0 Å². The van der Waals surface area contributed by atoms with Crippen LogP contribution < -0.4 is 20.1 Å². The fourth-order valence-electron chi connectivity index (χ4n) is 5.16. The summed E-state index contributed by atoms with van der Waals surface area (Å²) in [4.78, 5) is 2.24. The number of ether oxygens (including phenoxy) is 1. The van der Waals surface area contributed by atoms with Crippen molar-refractivity contribution in [3.8, 4) is 17.6 Å². The van der Waals surface area contributed by atoms with Crippen molar-refractivity contribution in [2.24, 2.45) is 0 Å². The number of aromatic nitrogens is 1. The molecule has 4 rings (SSSR count). The molecule has 234 valence electrons. The smallest absolute Gasteiger partial charge is 0.406 e. The predicted octanol–water partition coefficient (Wildman–Crippen LogP) is 4.23. The molecule has 0 atom stereocenters. The molecule has 1 fully saturated rings. The van der Waals surface area contributed by atoms with Gasteiger partial charge < -0.3 is 29.9 Å². The van der Waals surface area contributed by atoms with Crippen LogP contribution in [0.1, 0.15) is 32.4 Å². The number of alkyl halides is 3. The maximum absolute atomic E-state index is 13.6. The second-order valence-electron chi connectivity index (χ2n) is 10.7. The monoisotopic (exact) mass is 621 g/mol. The van der Waals surface area contributed by atoms with E-state index in [-0.39, 0.29) is 41.6 Å². The molecule has 0 amide bonds. The van der Waals surface area contributed by atoms with Gasteiger partial charge in [0.05, 0.1) is 42.1 Å². The minimum absolute atomic E-state index is 0.0477. The maximum Gasteiger partial charge on any atom is 0.406 e. The van der Waals surface area contributed by atoms with Crippen LogP contribution in [0.15, 0.2) is 47.4 Å². The molecule has 2 aromatic carbocycles. The third kappa shape index (κ3) is 8.57. The SMILES string of the molecule is COc1cc(S(=O)(=O)NC(C)C)ccc1NCC#Cc1cc2c(NC3CCN(CCO)CC3)cccc2n1CC(F)(F)F. The fraction of sp³-hybridized carbons (Fsp3) is 0.467. The van der Waals surface area contributed by atoms with E-state index in [1.165, 1.54) is 23.8 Å². The zero-order chi connectivity index (χ0) is 31.2. The second kappa shape index (κ2) is 13.9. The zero-order valence-electron chi connectivity index (χ0n) is 24.5. The first-order valence-corrected chi connectivity index (χ1v) is 15.6. The number of anilines is 2. The van der Waals surface area contributed by atoms with Crippen molar-refractivity contribution in [2.45, 2.75) is 56.4 Å². The molecule has 0 radical (unpaired) electrons. The summed E-state index contributed by atoms with van der Waals surface area (Å²) in [6.07, 6.45) is -2.71. The molecule has 1 aromatic heterocycles. The van der Waals surface area contributed by atoms with Gasteiger partial charge in [0.25, 0.3) is 0 Å². The highest BCUT2D eigenvalue weighted by Crippen LogP contribution is 2.32. The Labute approximate surface area is 250 Å². The second-order valence-corrected chi connectivity index (χ2v) is 12.5. The zero-order valence-corrected chi connectivity index (χ0v) is 25.3. The number of sulfonamides is 1. The Bertz CT molecular complexity index is 1570. The van der Waals surface area contributed by atoms with Gasteiger partial charge in [0, 0.05) is 48.9 Å². The van der Waals surface area contributed by atoms with E-state index in [4.69, 9.17) is 4.74 Å². The average Bonchev–Trinajstić information content (AvgIpc) is 3.28. The molecule has 0 aliphatic carbocycles. The Morgan fingerprint density at radius 1 is 1.12 bits per heavy atom. The largest absolute Gasteiger partial charge is 0.495 e. The molecular weight excluding hydrogens is 583 g/mol. The van der Waals surface area contributed by atoms with Gasteiger partial charge in [-0.05, 0) is 62.9 Å². The first-order chi connectivity index (χ1) is 20.4. The number of fused-ring (bicyclic) bond motifs is 1. The number of nitrogens with zero attached hydrogens (tertiary/aromatic N) is 2. The number of benzene rings is 2. The van der Waals surface area contributed by atoms with Crippen LogP contribution >= 0.6 is 0 Å². The van der Waals surface area contributed by atoms with E-state index in [1.54, 1.807) is 38.1 Å². The van der Waals surface area contributed by atoms with Crippen molar-refractivity contribution in [1.29, 1.82) is 0 Å². The lowest BCUT2D eigenvalue weighted by Crippen LogP contribution is -2.40. The number of rotatable bonds is 11. The van der Waals surface area contributed by atoms with Crippen LogP contribution in [0.4, 0.5) is 24.5 Å². The summed E-state index contributed by atoms with van der Waals surface area (Å²) >= 11 is 0. The molecule has 43 heavy (non-hydrogen) atoms. The van der Waals surface area contributed by atoms with Crippen molar-refractivity contribution < 1.29 is 31.4 Å². The van der Waals surface area contributed by atoms with Crippen molar-refractivity contribution in [3.05, 3.63) is 48.2 Å². The van der Waals surface area contributed by atoms with Crippen LogP contribution in [0.25, 0.3) is 10.9 Å². The molecule has 0 saturated carbocycles. The number of methoxy groups -OCH3 is 1. The first-order valence-electron chi connectivity index (χ1n) is 14.1. The van der Waals surface area contributed by atoms with Gasteiger partial charge in [-0.25, -0.2) is 13.1 Å². The number of aliphatic hydroxyl groups is 1. The molecule has 9 nitrogen and oxygen atoms in total. The van der Waals surface area contributed by atoms with E-state index < -0.39 is 22.7 Å². The number of halogens is 3. The standard InChI is InChI=1S/C30H38F3N5O4S/c1-21(2)36-43(40,41)24-9-10-27(29(19-24)42-3)34-13-5-6-23-18-25-26(35-22-11-14-37(15-12-22)16-17-39)7-4-8-28(25)38(23)20-30(31,32)33/h4,7-10,18-19,21-22,34-36,39H,11-17,20H2,1-3H3. The van der Waals surface area contributed by atoms with Crippen molar-refractivity contribution in [2.75, 3.05) is 50.5 Å². The summed E-state index contributed by atoms with van der Waals surface area (Å²) in [5.41, 5.74) is 1.92. The van der Waals surface area contributed by atoms with Crippen molar-refractivity contribution in [3.63, 3.8) is 0 Å². The van der Waals surface area contributed by atoms with Crippen molar-refractivity contribution in [1.82, 2.24) is 14.2 Å². The number of β-amino-alcohol motifs (C(OH)–C–C–N with tert-alkyl or cyclic N) is 1. The van der Waals surface area contributed by atoms with E-state index >= 15 is 0 Å². The minimum Gasteiger partial charge on any atom is -0.495 e. The molecule has 3 aromatic rings. The van der Waals surface area contributed by atoms with E-state index in [0.717, 1.165) is 31.6 Å². The Morgan fingerprint density at radius 3 is 2.51 bits per heavy atom. The topological polar surface area (TPSA) is 108 Å². The molecule has 1 aliphatic rings. The first kappa shape index (κ1) is 32.5. The molecule has 0 spiro atoms. The van der Waals surface area contributed by atoms with E-state index in [9.17, 15) is 26.7 Å². The van der Waals surface area contributed by atoms with Crippen LogP contribution in [-0.2, 0) is 16.6 Å². The molecule has 4 N–H and O–H groups in total. The molecule has 0 bridgehead atoms. The lowest BCUT2D eigenvalue weighted by Gasteiger charge is -2.32. The Morgan fingerprint density at radius 2 is 1.86 bits per heavy atom. The highest BCUT2D eigenvalue weighted by Gasteiger charge is 2.30. The number of nitrogens with one attached hydrogen (secondary N) is 3. The summed E-state index contributed by atoms with van der Waals surface area (Å²) in [6, 6.07) is 11.2. The van der Waals surface area contributed by atoms with Gasteiger partial charge >= 0.3 is 6.18 Å². The summed E-state index contributed by atoms with van der Waals surface area (Å²) in [5.74, 6) is 6.07. The molecular formula is C30H38F3N5O4S. The molecule has 1 saturated heterocycles. The number of likely N-dealkylation sites (tertiary alicyclic amines) is 1. The lowest BCUT2D eigenvalue weighted by molar-refractivity contribution is -0.140. The summed E-state index contributed by atoms with van der Waals surface area (Å²) in [7, 11) is -2.30. The summed E-state index contributed by atoms with van der Waals surface area (Å²) in [5, 5.41) is 16.4. The third-order valence-corrected chi connectivity index (χ3v) is 8.76. The van der Waals surface area contributed by atoms with Gasteiger partial charge in [0.2, 0.25) is 10.0 Å². The molecule has 0 unspecified atom stereocenters. The van der Waals surface area contributed by atoms with Crippen molar-refractivity contribution >= 4 is 32.3 Å². The number of hydrogen-bond acceptors (Lipinski definition) is 7. The number of hydrogen-bond donors (Lipinski definition) is 4. The molecule has 1 aliphatic heterocycles. The summed E-state index contributed by atoms with van der Waals surface area (Å²) < 4.78 is 74.9. The van der Waals surface area contributed by atoms with Crippen LogP contribution in [0.2, 0.25) is 0 Å². The van der Waals surface area contributed by atoms with Gasteiger partial charge in [-0.15, -0.1) is 0 Å². The van der Waals surface area contributed by atoms with Gasteiger partial charge in [0.1, 0.15) is 12.3 Å². The van der Waals surface area contributed by atoms with E-state index in [2.05, 4.69) is 32.1 Å². The highest BCUT2D eigenvalue weighted by atomic mass is 32.2. The van der Waals surface area contributed by atoms with Gasteiger partial charge in [0.15, 0.2) is 0 Å². The maximum atomic E-state index is 13.6. The quantitative estimate of drug-likeness (QED) is 0.238. The minimum atomic E-state index is -4.44. The van der Waals surface area contributed by atoms with E-state index in [0.29, 0.717) is 23.1 Å². The van der Waals surface area contributed by atoms with Crippen LogP contribution in [0.3, 0.4) is 0 Å². The predicted molar refractivity (Wildman–Crippen MR) is 162 cm³/mol. The lowest BCUT2D eigenvalue weighted by atomic mass is 10.0. The Balaban J connectivity index is 1.54. The number of piperidine rings is 1. The average molecular weight is 622 g/mol. The Hall–Kier alpha value is -3.44. The van der Waals surface area contributed by atoms with Crippen LogP contribution in [-0.4, -0.2) is 81.1 Å². The number of aliphatic hydroxyl groups excluding tert-OH is 1. The van der Waals surface area contributed by atoms with Gasteiger partial charge in [-0.2, -0.15) is 13.2 Å². The van der Waals surface area contributed by atoms with Gasteiger partial charge in [-0.1, -0.05) is 12.0 Å². The fourth-order valence-corrected chi connectivity index (χ4v) is 6.43. The normalized spacial score (nSPS) is 15.0. The molecule has 13 heteroatoms. The third-order valence-electron chi connectivity index (χ3n) is 7.10. The van der Waals surface area contributed by atoms with E-state index in [1.807, 2.05) is 6.07 Å². The van der Waals surface area contributed by atoms with Crippen LogP contribution in [0.5, 0.6) is 5.75 Å². The molecule has 2 heterocycles. The summed E-state index contributed by atoms with van der Waals surface area (Å²) in [6.45, 7) is 4.77.